The molecule has 0 fully saturated rings. The van der Waals surface area contributed by atoms with Crippen molar-refractivity contribution in [2.45, 2.75) is 6.42 Å². The molecule has 2 aromatic rings. The fourth-order valence-corrected chi connectivity index (χ4v) is 2.25. The van der Waals surface area contributed by atoms with Gasteiger partial charge >= 0.3 is 11.9 Å². The normalized spacial score (nSPS) is 10.2. The van der Waals surface area contributed by atoms with Gasteiger partial charge in [0.15, 0.2) is 0 Å². The number of carboxylic acids is 2. The second-order valence-electron chi connectivity index (χ2n) is 5.08. The Hall–Kier alpha value is -3.82. The molecular weight excluding hydrogens is 336 g/mol. The van der Waals surface area contributed by atoms with Crippen LogP contribution in [0.4, 0.5) is 11.4 Å². The van der Waals surface area contributed by atoms with E-state index in [0.29, 0.717) is 0 Å². The minimum Gasteiger partial charge on any atom is -0.478 e. The third kappa shape index (κ3) is 4.13. The number of carbonyl (C=O) groups is 2. The SMILES string of the molecule is O=C(O)c1cc(Cc2cc(C(=O)O)cc([N+](=O)[O-])c2)cc([N+](=O)[O-])c1. The molecule has 0 radical (unpaired) electrons. The lowest BCUT2D eigenvalue weighted by molar-refractivity contribution is -0.385. The van der Waals surface area contributed by atoms with Crippen molar-refractivity contribution in [3.63, 3.8) is 0 Å². The van der Waals surface area contributed by atoms with E-state index < -0.39 is 33.2 Å². The molecule has 0 amide bonds. The first-order valence-electron chi connectivity index (χ1n) is 6.70. The summed E-state index contributed by atoms with van der Waals surface area (Å²) in [7, 11) is 0. The van der Waals surface area contributed by atoms with Gasteiger partial charge in [-0.15, -0.1) is 0 Å². The number of aromatic carboxylic acids is 2. The molecule has 0 unspecified atom stereocenters. The van der Waals surface area contributed by atoms with Gasteiger partial charge < -0.3 is 10.2 Å². The summed E-state index contributed by atoms with van der Waals surface area (Å²) in [5, 5.41) is 39.9. The highest BCUT2D eigenvalue weighted by Crippen LogP contribution is 2.23. The van der Waals surface area contributed by atoms with Crippen LogP contribution in [0, 0.1) is 20.2 Å². The Kier molecular flexibility index (Phi) is 4.73. The molecule has 0 aliphatic heterocycles. The van der Waals surface area contributed by atoms with E-state index in [1.165, 1.54) is 12.1 Å². The maximum Gasteiger partial charge on any atom is 0.335 e. The number of hydrogen-bond donors (Lipinski definition) is 2. The zero-order chi connectivity index (χ0) is 18.7. The molecule has 0 heterocycles. The first-order valence-corrected chi connectivity index (χ1v) is 6.70. The first-order chi connectivity index (χ1) is 11.7. The number of nitrogens with zero attached hydrogens (tertiary/aromatic N) is 2. The van der Waals surface area contributed by atoms with E-state index in [-0.39, 0.29) is 28.7 Å². The fourth-order valence-electron chi connectivity index (χ4n) is 2.25. The van der Waals surface area contributed by atoms with Gasteiger partial charge in [-0.3, -0.25) is 20.2 Å². The molecule has 0 saturated carbocycles. The number of carboxylic acid groups (broad SMARTS) is 2. The van der Waals surface area contributed by atoms with Crippen LogP contribution in [0.15, 0.2) is 36.4 Å². The predicted octanol–water partition coefficient (Wildman–Crippen LogP) is 2.49. The third-order valence-corrected chi connectivity index (χ3v) is 3.28. The van der Waals surface area contributed by atoms with Gasteiger partial charge in [0.1, 0.15) is 0 Å². The van der Waals surface area contributed by atoms with E-state index in [0.717, 1.165) is 24.3 Å². The van der Waals surface area contributed by atoms with Crippen LogP contribution < -0.4 is 0 Å². The van der Waals surface area contributed by atoms with Crippen molar-refractivity contribution < 1.29 is 29.6 Å². The molecule has 2 rings (SSSR count). The molecule has 10 nitrogen and oxygen atoms in total. The average Bonchev–Trinajstić information content (AvgIpc) is 2.53. The van der Waals surface area contributed by atoms with Gasteiger partial charge in [-0.05, 0) is 29.7 Å². The molecule has 2 aromatic carbocycles. The summed E-state index contributed by atoms with van der Waals surface area (Å²) in [5.74, 6) is -2.73. The summed E-state index contributed by atoms with van der Waals surface area (Å²) in [6, 6.07) is 6.42. The maximum atomic E-state index is 11.1. The monoisotopic (exact) mass is 346 g/mol. The van der Waals surface area contributed by atoms with Crippen molar-refractivity contribution in [1.29, 1.82) is 0 Å². The maximum absolute atomic E-state index is 11.1. The molecule has 0 aliphatic carbocycles. The van der Waals surface area contributed by atoms with Crippen LogP contribution in [0.5, 0.6) is 0 Å². The lowest BCUT2D eigenvalue weighted by Gasteiger charge is -2.06. The van der Waals surface area contributed by atoms with E-state index >= 15 is 0 Å². The molecule has 0 spiro atoms. The molecule has 10 heteroatoms. The number of rotatable bonds is 6. The summed E-state index contributed by atoms with van der Waals surface area (Å²) in [5.41, 5.74) is -1.09. The Balaban J connectivity index is 2.51. The van der Waals surface area contributed by atoms with Crippen molar-refractivity contribution in [2.24, 2.45) is 0 Å². The van der Waals surface area contributed by atoms with Crippen LogP contribution in [0.1, 0.15) is 31.8 Å². The third-order valence-electron chi connectivity index (χ3n) is 3.28. The van der Waals surface area contributed by atoms with E-state index in [1.807, 2.05) is 0 Å². The van der Waals surface area contributed by atoms with Gasteiger partial charge in [-0.25, -0.2) is 9.59 Å². The van der Waals surface area contributed by atoms with Gasteiger partial charge in [0.2, 0.25) is 0 Å². The molecule has 128 valence electrons. The fraction of sp³-hybridized carbons (Fsp3) is 0.0667. The molecule has 0 bridgehead atoms. The van der Waals surface area contributed by atoms with E-state index in [2.05, 4.69) is 0 Å². The number of benzene rings is 2. The summed E-state index contributed by atoms with van der Waals surface area (Å²) in [6.45, 7) is 0. The molecule has 0 aromatic heterocycles. The highest BCUT2D eigenvalue weighted by Gasteiger charge is 2.17. The summed E-state index contributed by atoms with van der Waals surface area (Å²) < 4.78 is 0. The van der Waals surface area contributed by atoms with Crippen LogP contribution in [-0.4, -0.2) is 32.0 Å². The number of nitro benzene ring substituents is 2. The highest BCUT2D eigenvalue weighted by molar-refractivity contribution is 5.89. The Labute approximate surface area is 139 Å². The summed E-state index contributed by atoms with van der Waals surface area (Å²) in [4.78, 5) is 42.5. The van der Waals surface area contributed by atoms with Gasteiger partial charge in [0.25, 0.3) is 11.4 Å². The molecular formula is C15H10N2O8. The van der Waals surface area contributed by atoms with Gasteiger partial charge in [-0.2, -0.15) is 0 Å². The van der Waals surface area contributed by atoms with Crippen molar-refractivity contribution in [1.82, 2.24) is 0 Å². The van der Waals surface area contributed by atoms with Crippen LogP contribution >= 0.6 is 0 Å². The molecule has 2 N–H and O–H groups in total. The second-order valence-corrected chi connectivity index (χ2v) is 5.08. The van der Waals surface area contributed by atoms with E-state index in [4.69, 9.17) is 10.2 Å². The van der Waals surface area contributed by atoms with E-state index in [1.54, 1.807) is 0 Å². The Morgan fingerprint density at radius 2 is 1.12 bits per heavy atom. The van der Waals surface area contributed by atoms with Crippen LogP contribution in [0.25, 0.3) is 0 Å². The average molecular weight is 346 g/mol. The molecule has 25 heavy (non-hydrogen) atoms. The predicted molar refractivity (Wildman–Crippen MR) is 82.9 cm³/mol. The highest BCUT2D eigenvalue weighted by atomic mass is 16.6. The minimum atomic E-state index is -1.37. The van der Waals surface area contributed by atoms with Gasteiger partial charge in [-0.1, -0.05) is 0 Å². The number of non-ortho nitro benzene ring substituents is 2. The lowest BCUT2D eigenvalue weighted by Crippen LogP contribution is -2.03. The van der Waals surface area contributed by atoms with Crippen LogP contribution in [0.2, 0.25) is 0 Å². The van der Waals surface area contributed by atoms with E-state index in [9.17, 15) is 29.8 Å². The molecule has 0 saturated heterocycles. The zero-order valence-corrected chi connectivity index (χ0v) is 12.4. The first kappa shape index (κ1) is 17.5. The standard InChI is InChI=1S/C15H10N2O8/c18-14(19)10-2-8(4-12(6-10)16(22)23)1-9-3-11(15(20)21)7-13(5-9)17(24)25/h2-7H,1H2,(H,18,19)(H,20,21). The van der Waals surface area contributed by atoms with Crippen LogP contribution in [-0.2, 0) is 6.42 Å². The second kappa shape index (κ2) is 6.74. The smallest absolute Gasteiger partial charge is 0.335 e. The minimum absolute atomic E-state index is 0.107. The largest absolute Gasteiger partial charge is 0.478 e. The van der Waals surface area contributed by atoms with Gasteiger partial charge in [0.05, 0.1) is 21.0 Å². The topological polar surface area (TPSA) is 161 Å². The van der Waals surface area contributed by atoms with Crippen molar-refractivity contribution in [3.8, 4) is 0 Å². The summed E-state index contributed by atoms with van der Waals surface area (Å²) >= 11 is 0. The Morgan fingerprint density at radius 3 is 1.40 bits per heavy atom. The Bertz CT molecular complexity index is 768. The zero-order valence-electron chi connectivity index (χ0n) is 12.4. The summed E-state index contributed by atoms with van der Waals surface area (Å²) in [6.07, 6.45) is -0.107. The molecule has 0 atom stereocenters. The number of hydrogen-bond acceptors (Lipinski definition) is 6. The van der Waals surface area contributed by atoms with Gasteiger partial charge in [0, 0.05) is 24.3 Å². The van der Waals surface area contributed by atoms with Crippen molar-refractivity contribution in [3.05, 3.63) is 78.9 Å². The molecule has 0 aliphatic rings. The number of nitro groups is 2. The lowest BCUT2D eigenvalue weighted by atomic mass is 9.99. The Morgan fingerprint density at radius 1 is 0.760 bits per heavy atom. The quantitative estimate of drug-likeness (QED) is 0.595. The van der Waals surface area contributed by atoms with Crippen LogP contribution in [0.3, 0.4) is 0 Å². The van der Waals surface area contributed by atoms with Crippen molar-refractivity contribution in [2.75, 3.05) is 0 Å². The van der Waals surface area contributed by atoms with Crippen molar-refractivity contribution >= 4 is 23.3 Å².